The van der Waals surface area contributed by atoms with Crippen molar-refractivity contribution >= 4 is 70.1 Å². The van der Waals surface area contributed by atoms with Gasteiger partial charge in [0.05, 0.1) is 11.4 Å². The Hall–Kier alpha value is -7.26. The summed E-state index contributed by atoms with van der Waals surface area (Å²) in [5.41, 5.74) is 12.9. The summed E-state index contributed by atoms with van der Waals surface area (Å²) in [6, 6.07) is 82.1. The van der Waals surface area contributed by atoms with Gasteiger partial charge in [-0.3, -0.25) is 0 Å². The molecule has 0 aliphatic carbocycles. The third-order valence-electron chi connectivity index (χ3n) is 11.5. The van der Waals surface area contributed by atoms with Crippen LogP contribution in [0.15, 0.2) is 224 Å². The molecular formula is C56H37NS. The van der Waals surface area contributed by atoms with Gasteiger partial charge in [-0.15, -0.1) is 11.3 Å². The highest BCUT2D eigenvalue weighted by Gasteiger charge is 2.23. The zero-order valence-corrected chi connectivity index (χ0v) is 32.5. The lowest BCUT2D eigenvalue weighted by molar-refractivity contribution is 1.29. The molecule has 0 aliphatic rings. The van der Waals surface area contributed by atoms with Gasteiger partial charge in [0.25, 0.3) is 0 Å². The summed E-state index contributed by atoms with van der Waals surface area (Å²) < 4.78 is 2.60. The van der Waals surface area contributed by atoms with E-state index in [1.54, 1.807) is 0 Å². The van der Waals surface area contributed by atoms with Gasteiger partial charge in [0.15, 0.2) is 0 Å². The number of thiophene rings is 1. The van der Waals surface area contributed by atoms with Crippen LogP contribution in [0.4, 0.5) is 17.1 Å². The Morgan fingerprint density at radius 2 is 0.793 bits per heavy atom. The number of nitrogens with zero attached hydrogens (tertiary/aromatic N) is 1. The van der Waals surface area contributed by atoms with Gasteiger partial charge in [-0.05, 0) is 91.3 Å². The van der Waals surface area contributed by atoms with E-state index in [-0.39, 0.29) is 0 Å². The van der Waals surface area contributed by atoms with Crippen LogP contribution in [0, 0.1) is 0 Å². The first-order valence-corrected chi connectivity index (χ1v) is 20.7. The van der Waals surface area contributed by atoms with E-state index in [2.05, 4.69) is 229 Å². The van der Waals surface area contributed by atoms with E-state index in [0.717, 1.165) is 17.1 Å². The molecule has 272 valence electrons. The number of fused-ring (bicyclic) bond motifs is 5. The van der Waals surface area contributed by atoms with Gasteiger partial charge < -0.3 is 4.90 Å². The van der Waals surface area contributed by atoms with Gasteiger partial charge in [0.2, 0.25) is 0 Å². The van der Waals surface area contributed by atoms with Crippen LogP contribution in [0.25, 0.3) is 86.2 Å². The molecule has 0 spiro atoms. The first kappa shape index (κ1) is 34.0. The van der Waals surface area contributed by atoms with E-state index in [1.807, 2.05) is 11.3 Å². The van der Waals surface area contributed by atoms with Crippen LogP contribution in [-0.4, -0.2) is 0 Å². The maximum absolute atomic E-state index is 2.50. The minimum absolute atomic E-state index is 1.09. The van der Waals surface area contributed by atoms with Crippen LogP contribution in [0.3, 0.4) is 0 Å². The average Bonchev–Trinajstić information content (AvgIpc) is 3.69. The smallest absolute Gasteiger partial charge is 0.0540 e. The Morgan fingerprint density at radius 3 is 1.57 bits per heavy atom. The Labute approximate surface area is 342 Å². The molecular weight excluding hydrogens is 719 g/mol. The fourth-order valence-corrected chi connectivity index (χ4v) is 10.0. The molecule has 58 heavy (non-hydrogen) atoms. The van der Waals surface area contributed by atoms with Gasteiger partial charge in [0, 0.05) is 37.0 Å². The lowest BCUT2D eigenvalue weighted by atomic mass is 9.90. The summed E-state index contributed by atoms with van der Waals surface area (Å²) >= 11 is 1.86. The van der Waals surface area contributed by atoms with Crippen molar-refractivity contribution < 1.29 is 0 Å². The molecule has 0 amide bonds. The quantitative estimate of drug-likeness (QED) is 0.157. The topological polar surface area (TPSA) is 3.24 Å². The minimum Gasteiger partial charge on any atom is -0.309 e. The second-order valence-corrected chi connectivity index (χ2v) is 15.9. The Bertz CT molecular complexity index is 3290. The molecule has 1 heterocycles. The first-order valence-electron chi connectivity index (χ1n) is 19.8. The maximum Gasteiger partial charge on any atom is 0.0540 e. The van der Waals surface area contributed by atoms with Crippen molar-refractivity contribution in [1.29, 1.82) is 0 Å². The van der Waals surface area contributed by atoms with Crippen molar-refractivity contribution in [3.05, 3.63) is 224 Å². The van der Waals surface area contributed by atoms with Gasteiger partial charge in [-0.25, -0.2) is 0 Å². The van der Waals surface area contributed by atoms with E-state index >= 15 is 0 Å². The molecule has 0 fully saturated rings. The molecule has 0 unspecified atom stereocenters. The molecule has 11 rings (SSSR count). The summed E-state index contributed by atoms with van der Waals surface area (Å²) in [7, 11) is 0. The van der Waals surface area contributed by atoms with E-state index in [0.29, 0.717) is 0 Å². The molecule has 11 aromatic rings. The Morgan fingerprint density at radius 1 is 0.293 bits per heavy atom. The number of rotatable bonds is 7. The highest BCUT2D eigenvalue weighted by atomic mass is 32.1. The fraction of sp³-hybridized carbons (Fsp3) is 0. The van der Waals surface area contributed by atoms with Crippen molar-refractivity contribution in [2.75, 3.05) is 4.90 Å². The molecule has 1 nitrogen and oxygen atoms in total. The van der Waals surface area contributed by atoms with Crippen LogP contribution in [0.1, 0.15) is 0 Å². The number of benzene rings is 10. The molecule has 0 saturated heterocycles. The highest BCUT2D eigenvalue weighted by Crippen LogP contribution is 2.49. The first-order chi connectivity index (χ1) is 28.8. The molecule has 0 N–H and O–H groups in total. The second kappa shape index (κ2) is 14.4. The second-order valence-electron chi connectivity index (χ2n) is 14.8. The molecule has 0 atom stereocenters. The van der Waals surface area contributed by atoms with E-state index in [9.17, 15) is 0 Å². The number of hydrogen-bond donors (Lipinski definition) is 0. The van der Waals surface area contributed by atoms with Crippen LogP contribution in [0.2, 0.25) is 0 Å². The SMILES string of the molecule is c1ccc(-c2cccc3cccc(-c4ccccc4N(c4cccc(-c5cccc6ccccc56)c4)c4ccccc4-c4cccc5sc6ccccc6c45)c23)cc1. The van der Waals surface area contributed by atoms with Crippen LogP contribution in [-0.2, 0) is 0 Å². The molecule has 10 aromatic carbocycles. The molecule has 0 radical (unpaired) electrons. The van der Waals surface area contributed by atoms with E-state index in [4.69, 9.17) is 0 Å². The lowest BCUT2D eigenvalue weighted by Gasteiger charge is -2.31. The number of anilines is 3. The zero-order valence-electron chi connectivity index (χ0n) is 31.7. The van der Waals surface area contributed by atoms with Gasteiger partial charge in [-0.2, -0.15) is 0 Å². The van der Waals surface area contributed by atoms with Crippen molar-refractivity contribution in [3.8, 4) is 44.5 Å². The number of para-hydroxylation sites is 2. The third kappa shape index (κ3) is 5.77. The van der Waals surface area contributed by atoms with E-state index < -0.39 is 0 Å². The summed E-state index contributed by atoms with van der Waals surface area (Å²) in [5, 5.41) is 7.54. The lowest BCUT2D eigenvalue weighted by Crippen LogP contribution is -2.12. The Kier molecular flexibility index (Phi) is 8.42. The molecule has 0 aliphatic heterocycles. The normalized spacial score (nSPS) is 11.4. The van der Waals surface area contributed by atoms with Gasteiger partial charge >= 0.3 is 0 Å². The average molecular weight is 756 g/mol. The number of hydrogen-bond acceptors (Lipinski definition) is 2. The fourth-order valence-electron chi connectivity index (χ4n) is 8.91. The van der Waals surface area contributed by atoms with Crippen molar-refractivity contribution in [2.45, 2.75) is 0 Å². The third-order valence-corrected chi connectivity index (χ3v) is 12.6. The Balaban J connectivity index is 1.20. The van der Waals surface area contributed by atoms with Crippen molar-refractivity contribution in [1.82, 2.24) is 0 Å². The van der Waals surface area contributed by atoms with Crippen LogP contribution < -0.4 is 4.90 Å². The maximum atomic E-state index is 2.50. The predicted molar refractivity (Wildman–Crippen MR) is 251 cm³/mol. The standard InChI is InChI=1S/C56H37NS/c1-2-17-39(18-3-1)45-30-14-21-40-22-15-31-48(55(40)45)46-26-6-9-33-51(46)57(42-24-12-23-41(37-42)44-29-13-20-38-19-4-5-25-43(38)44)52-34-10-7-27-47(52)49-32-16-36-54-56(49)50-28-8-11-35-53(50)58-54/h1-37H. The summed E-state index contributed by atoms with van der Waals surface area (Å²) in [5.74, 6) is 0. The van der Waals surface area contributed by atoms with E-state index in [1.165, 1.54) is 86.2 Å². The monoisotopic (exact) mass is 755 g/mol. The molecule has 2 heteroatoms. The van der Waals surface area contributed by atoms with Gasteiger partial charge in [0.1, 0.15) is 0 Å². The minimum atomic E-state index is 1.09. The summed E-state index contributed by atoms with van der Waals surface area (Å²) in [6.45, 7) is 0. The largest absolute Gasteiger partial charge is 0.309 e. The highest BCUT2D eigenvalue weighted by molar-refractivity contribution is 7.25. The van der Waals surface area contributed by atoms with Crippen LogP contribution in [0.5, 0.6) is 0 Å². The van der Waals surface area contributed by atoms with Gasteiger partial charge in [-0.1, -0.05) is 188 Å². The van der Waals surface area contributed by atoms with Crippen LogP contribution >= 0.6 is 11.3 Å². The van der Waals surface area contributed by atoms with Crippen molar-refractivity contribution in [2.24, 2.45) is 0 Å². The molecule has 0 bridgehead atoms. The van der Waals surface area contributed by atoms with Crippen molar-refractivity contribution in [3.63, 3.8) is 0 Å². The molecule has 0 saturated carbocycles. The summed E-state index contributed by atoms with van der Waals surface area (Å²) in [4.78, 5) is 2.50. The predicted octanol–water partition coefficient (Wildman–Crippen LogP) is 16.5. The summed E-state index contributed by atoms with van der Waals surface area (Å²) in [6.07, 6.45) is 0. The zero-order chi connectivity index (χ0) is 38.4. The molecule has 1 aromatic heterocycles.